The first kappa shape index (κ1) is 13.8. The number of rotatable bonds is 2. The number of halogens is 2. The molecule has 5 heteroatoms. The molecule has 3 rings (SSSR count). The Bertz CT molecular complexity index is 814. The number of nitrogens with two attached hydrogens (primary N) is 1. The fourth-order valence-electron chi connectivity index (χ4n) is 2.26. The number of benzene rings is 2. The second-order valence-electron chi connectivity index (χ2n) is 4.71. The number of anilines is 1. The van der Waals surface area contributed by atoms with Crippen LogP contribution >= 0.6 is 15.9 Å². The van der Waals surface area contributed by atoms with Crippen molar-refractivity contribution >= 4 is 21.8 Å². The molecule has 0 fully saturated rings. The summed E-state index contributed by atoms with van der Waals surface area (Å²) in [7, 11) is 0. The van der Waals surface area contributed by atoms with E-state index in [0.717, 1.165) is 15.6 Å². The minimum Gasteiger partial charge on any atom is -0.367 e. The fourth-order valence-corrected chi connectivity index (χ4v) is 2.74. The molecule has 21 heavy (non-hydrogen) atoms. The standard InChI is InChI=1S/C16H12BrFN2O/c1-9-6-7-10(18)8-12(9)15-14(16(19)21-20-15)11-4-2-3-5-13(11)17/h2-8H,19H2,1H3. The molecular weight excluding hydrogens is 335 g/mol. The maximum absolute atomic E-state index is 13.6. The molecule has 1 aromatic heterocycles. The number of hydrogen-bond donors (Lipinski definition) is 1. The van der Waals surface area contributed by atoms with Crippen molar-refractivity contribution in [3.05, 3.63) is 58.3 Å². The Hall–Kier alpha value is -2.14. The van der Waals surface area contributed by atoms with Crippen molar-refractivity contribution in [2.75, 3.05) is 5.73 Å². The highest BCUT2D eigenvalue weighted by Crippen LogP contribution is 2.40. The molecule has 106 valence electrons. The molecule has 1 heterocycles. The number of aryl methyl sites for hydroxylation is 1. The molecule has 0 saturated carbocycles. The average molecular weight is 347 g/mol. The molecule has 0 spiro atoms. The zero-order chi connectivity index (χ0) is 15.0. The molecule has 2 aromatic carbocycles. The first-order valence-electron chi connectivity index (χ1n) is 6.34. The minimum absolute atomic E-state index is 0.209. The van der Waals surface area contributed by atoms with Crippen LogP contribution in [-0.4, -0.2) is 5.16 Å². The third kappa shape index (κ3) is 2.45. The van der Waals surface area contributed by atoms with Gasteiger partial charge in [0.1, 0.15) is 11.5 Å². The summed E-state index contributed by atoms with van der Waals surface area (Å²) in [6.45, 7) is 1.89. The van der Waals surface area contributed by atoms with Crippen molar-refractivity contribution in [2.45, 2.75) is 6.92 Å². The highest BCUT2D eigenvalue weighted by atomic mass is 79.9. The van der Waals surface area contributed by atoms with Crippen molar-refractivity contribution in [1.29, 1.82) is 0 Å². The summed E-state index contributed by atoms with van der Waals surface area (Å²) in [5, 5.41) is 4.02. The molecule has 0 aliphatic heterocycles. The Morgan fingerprint density at radius 1 is 1.14 bits per heavy atom. The van der Waals surface area contributed by atoms with Crippen LogP contribution in [0.3, 0.4) is 0 Å². The lowest BCUT2D eigenvalue weighted by Crippen LogP contribution is -1.91. The normalized spacial score (nSPS) is 10.8. The van der Waals surface area contributed by atoms with Gasteiger partial charge in [0.25, 0.3) is 0 Å². The van der Waals surface area contributed by atoms with Gasteiger partial charge < -0.3 is 10.3 Å². The van der Waals surface area contributed by atoms with E-state index in [-0.39, 0.29) is 11.7 Å². The maximum Gasteiger partial charge on any atom is 0.230 e. The third-order valence-corrected chi connectivity index (χ3v) is 4.01. The number of aromatic nitrogens is 1. The van der Waals surface area contributed by atoms with Gasteiger partial charge in [0.15, 0.2) is 0 Å². The van der Waals surface area contributed by atoms with Crippen LogP contribution in [0.15, 0.2) is 51.5 Å². The van der Waals surface area contributed by atoms with Gasteiger partial charge in [0, 0.05) is 15.6 Å². The van der Waals surface area contributed by atoms with Crippen molar-refractivity contribution in [2.24, 2.45) is 0 Å². The van der Waals surface area contributed by atoms with Gasteiger partial charge in [-0.05, 0) is 30.7 Å². The largest absolute Gasteiger partial charge is 0.367 e. The number of nitrogens with zero attached hydrogens (tertiary/aromatic N) is 1. The zero-order valence-corrected chi connectivity index (χ0v) is 12.8. The Morgan fingerprint density at radius 2 is 1.90 bits per heavy atom. The Labute approximate surface area is 129 Å². The van der Waals surface area contributed by atoms with Crippen molar-refractivity contribution in [3.63, 3.8) is 0 Å². The van der Waals surface area contributed by atoms with Crippen molar-refractivity contribution < 1.29 is 8.91 Å². The zero-order valence-electron chi connectivity index (χ0n) is 11.2. The molecule has 0 atom stereocenters. The van der Waals surface area contributed by atoms with Gasteiger partial charge in [0.05, 0.1) is 5.56 Å². The van der Waals surface area contributed by atoms with Crippen molar-refractivity contribution in [3.8, 4) is 22.4 Å². The lowest BCUT2D eigenvalue weighted by atomic mass is 9.98. The Kier molecular flexibility index (Phi) is 3.51. The van der Waals surface area contributed by atoms with Crippen LogP contribution in [0.4, 0.5) is 10.3 Å². The lowest BCUT2D eigenvalue weighted by Gasteiger charge is -2.07. The average Bonchev–Trinajstić information content (AvgIpc) is 2.84. The first-order valence-corrected chi connectivity index (χ1v) is 7.14. The van der Waals surface area contributed by atoms with E-state index in [9.17, 15) is 4.39 Å². The molecule has 0 aliphatic rings. The first-order chi connectivity index (χ1) is 10.1. The van der Waals surface area contributed by atoms with Crippen LogP contribution in [0, 0.1) is 12.7 Å². The molecule has 3 aromatic rings. The van der Waals surface area contributed by atoms with Crippen LogP contribution < -0.4 is 5.73 Å². The van der Waals surface area contributed by atoms with Crippen LogP contribution in [-0.2, 0) is 0 Å². The van der Waals surface area contributed by atoms with Gasteiger partial charge in [-0.2, -0.15) is 0 Å². The second kappa shape index (κ2) is 5.33. The molecule has 2 N–H and O–H groups in total. The Morgan fingerprint density at radius 3 is 2.67 bits per heavy atom. The van der Waals surface area contributed by atoms with E-state index in [1.54, 1.807) is 6.07 Å². The molecular formula is C16H12BrFN2O. The molecule has 0 bridgehead atoms. The third-order valence-electron chi connectivity index (χ3n) is 3.32. The summed E-state index contributed by atoms with van der Waals surface area (Å²) >= 11 is 3.49. The van der Waals surface area contributed by atoms with Gasteiger partial charge in [-0.3, -0.25) is 0 Å². The van der Waals surface area contributed by atoms with Gasteiger partial charge in [0.2, 0.25) is 5.88 Å². The predicted octanol–water partition coefficient (Wildman–Crippen LogP) is 4.80. The van der Waals surface area contributed by atoms with Gasteiger partial charge >= 0.3 is 0 Å². The van der Waals surface area contributed by atoms with E-state index < -0.39 is 0 Å². The van der Waals surface area contributed by atoms with Crippen LogP contribution in [0.1, 0.15) is 5.56 Å². The topological polar surface area (TPSA) is 52.0 Å². The smallest absolute Gasteiger partial charge is 0.230 e. The van der Waals surface area contributed by atoms with Crippen molar-refractivity contribution in [1.82, 2.24) is 5.16 Å². The summed E-state index contributed by atoms with van der Waals surface area (Å²) in [4.78, 5) is 0. The maximum atomic E-state index is 13.6. The molecule has 0 unspecified atom stereocenters. The molecule has 0 amide bonds. The molecule has 0 saturated heterocycles. The summed E-state index contributed by atoms with van der Waals surface area (Å²) in [6, 6.07) is 12.2. The Balaban J connectivity index is 2.27. The van der Waals surface area contributed by atoms with E-state index >= 15 is 0 Å². The predicted molar refractivity (Wildman–Crippen MR) is 84.2 cm³/mol. The minimum atomic E-state index is -0.324. The van der Waals surface area contributed by atoms with E-state index in [4.69, 9.17) is 10.3 Å². The SMILES string of the molecule is Cc1ccc(F)cc1-c1noc(N)c1-c1ccccc1Br. The van der Waals surface area contributed by atoms with Crippen LogP contribution in [0.2, 0.25) is 0 Å². The molecule has 0 aliphatic carbocycles. The highest BCUT2D eigenvalue weighted by Gasteiger charge is 2.20. The van der Waals surface area contributed by atoms with Gasteiger partial charge in [-0.1, -0.05) is 45.4 Å². The van der Waals surface area contributed by atoms with E-state index in [1.807, 2.05) is 31.2 Å². The number of hydrogen-bond acceptors (Lipinski definition) is 3. The van der Waals surface area contributed by atoms with E-state index in [0.29, 0.717) is 16.8 Å². The van der Waals surface area contributed by atoms with E-state index in [2.05, 4.69) is 21.1 Å². The summed E-state index contributed by atoms with van der Waals surface area (Å²) in [5.74, 6) is -0.115. The van der Waals surface area contributed by atoms with Gasteiger partial charge in [-0.25, -0.2) is 4.39 Å². The fraction of sp³-hybridized carbons (Fsp3) is 0.0625. The summed E-state index contributed by atoms with van der Waals surface area (Å²) in [6.07, 6.45) is 0. The molecule has 0 radical (unpaired) electrons. The number of nitrogen functional groups attached to an aromatic ring is 1. The summed E-state index contributed by atoms with van der Waals surface area (Å²) in [5.41, 5.74) is 9.55. The van der Waals surface area contributed by atoms with E-state index in [1.165, 1.54) is 12.1 Å². The molecule has 3 nitrogen and oxygen atoms in total. The monoisotopic (exact) mass is 346 g/mol. The summed E-state index contributed by atoms with van der Waals surface area (Å²) < 4.78 is 19.6. The van der Waals surface area contributed by atoms with Gasteiger partial charge in [-0.15, -0.1) is 0 Å². The lowest BCUT2D eigenvalue weighted by molar-refractivity contribution is 0.439. The second-order valence-corrected chi connectivity index (χ2v) is 5.56. The van der Waals surface area contributed by atoms with Crippen LogP contribution in [0.25, 0.3) is 22.4 Å². The highest BCUT2D eigenvalue weighted by molar-refractivity contribution is 9.10. The quantitative estimate of drug-likeness (QED) is 0.724. The van der Waals surface area contributed by atoms with Crippen LogP contribution in [0.5, 0.6) is 0 Å².